The average Bonchev–Trinajstić information content (AvgIpc) is 3.08. The first kappa shape index (κ1) is 24.1. The summed E-state index contributed by atoms with van der Waals surface area (Å²) in [7, 11) is 3.06. The minimum Gasteiger partial charge on any atom is -0.507 e. The Bertz CT molecular complexity index is 1030. The molecule has 1 unspecified atom stereocenters. The Kier molecular flexibility index (Phi) is 7.95. The van der Waals surface area contributed by atoms with E-state index in [2.05, 4.69) is 0 Å². The predicted molar refractivity (Wildman–Crippen MR) is 123 cm³/mol. The molecule has 8 heteroatoms. The fourth-order valence-electron chi connectivity index (χ4n) is 3.79. The van der Waals surface area contributed by atoms with Crippen LogP contribution in [-0.4, -0.2) is 62.3 Å². The van der Waals surface area contributed by atoms with Crippen molar-refractivity contribution < 1.29 is 33.6 Å². The summed E-state index contributed by atoms with van der Waals surface area (Å²) in [5, 5.41) is 11.1. The van der Waals surface area contributed by atoms with Crippen molar-refractivity contribution in [3.8, 4) is 17.2 Å². The molecule has 176 valence electrons. The molecular weight excluding hydrogens is 426 g/mol. The molecule has 2 aromatic rings. The Morgan fingerprint density at radius 2 is 1.64 bits per heavy atom. The molecule has 33 heavy (non-hydrogen) atoms. The van der Waals surface area contributed by atoms with Crippen LogP contribution in [0.5, 0.6) is 17.2 Å². The van der Waals surface area contributed by atoms with Crippen molar-refractivity contribution in [3.05, 3.63) is 59.2 Å². The lowest BCUT2D eigenvalue weighted by Gasteiger charge is -2.26. The SMILES string of the molecule is CCOc1ccc(C2C(=C(O)c3ccc(OC)cc3)C(=O)C(=O)N2CCOC)cc1OCC. The molecule has 1 amide bonds. The molecule has 0 saturated carbocycles. The first-order valence-corrected chi connectivity index (χ1v) is 10.8. The van der Waals surface area contributed by atoms with Crippen molar-refractivity contribution in [1.82, 2.24) is 4.90 Å². The van der Waals surface area contributed by atoms with Crippen LogP contribution >= 0.6 is 0 Å². The van der Waals surface area contributed by atoms with Gasteiger partial charge in [0.15, 0.2) is 11.5 Å². The number of rotatable bonds is 10. The second-order valence-electron chi connectivity index (χ2n) is 7.29. The van der Waals surface area contributed by atoms with E-state index in [4.69, 9.17) is 18.9 Å². The number of benzene rings is 2. The van der Waals surface area contributed by atoms with Crippen LogP contribution in [0.4, 0.5) is 0 Å². The highest BCUT2D eigenvalue weighted by atomic mass is 16.5. The molecule has 1 saturated heterocycles. The van der Waals surface area contributed by atoms with Gasteiger partial charge in [-0.25, -0.2) is 0 Å². The molecule has 1 heterocycles. The predicted octanol–water partition coefficient (Wildman–Crippen LogP) is 3.56. The van der Waals surface area contributed by atoms with Crippen molar-refractivity contribution >= 4 is 17.4 Å². The van der Waals surface area contributed by atoms with Crippen molar-refractivity contribution in [3.63, 3.8) is 0 Å². The summed E-state index contributed by atoms with van der Waals surface area (Å²) in [6.07, 6.45) is 0. The first-order chi connectivity index (χ1) is 16.0. The largest absolute Gasteiger partial charge is 0.507 e. The third-order valence-corrected chi connectivity index (χ3v) is 5.32. The van der Waals surface area contributed by atoms with Crippen molar-refractivity contribution in [2.24, 2.45) is 0 Å². The van der Waals surface area contributed by atoms with Gasteiger partial charge in [-0.05, 0) is 55.8 Å². The molecule has 0 aliphatic carbocycles. The normalized spacial score (nSPS) is 17.3. The molecule has 1 aliphatic rings. The summed E-state index contributed by atoms with van der Waals surface area (Å²) in [5.74, 6) is -0.0368. The number of amides is 1. The van der Waals surface area contributed by atoms with Gasteiger partial charge in [0.1, 0.15) is 11.5 Å². The number of likely N-dealkylation sites (tertiary alicyclic amines) is 1. The highest BCUT2D eigenvalue weighted by molar-refractivity contribution is 6.46. The van der Waals surface area contributed by atoms with E-state index in [-0.39, 0.29) is 24.5 Å². The molecule has 1 atom stereocenters. The quantitative estimate of drug-likeness (QED) is 0.333. The smallest absolute Gasteiger partial charge is 0.295 e. The summed E-state index contributed by atoms with van der Waals surface area (Å²) in [6.45, 7) is 5.03. The average molecular weight is 456 g/mol. The Balaban J connectivity index is 2.16. The Morgan fingerprint density at radius 3 is 2.24 bits per heavy atom. The maximum Gasteiger partial charge on any atom is 0.295 e. The lowest BCUT2D eigenvalue weighted by atomic mass is 9.95. The van der Waals surface area contributed by atoms with Crippen LogP contribution in [0.1, 0.15) is 31.0 Å². The molecule has 0 spiro atoms. The van der Waals surface area contributed by atoms with E-state index in [1.54, 1.807) is 42.5 Å². The summed E-state index contributed by atoms with van der Waals surface area (Å²) in [5.41, 5.74) is 1.03. The first-order valence-electron chi connectivity index (χ1n) is 10.8. The van der Waals surface area contributed by atoms with Gasteiger partial charge in [0.25, 0.3) is 11.7 Å². The number of hydrogen-bond donors (Lipinski definition) is 1. The fourth-order valence-corrected chi connectivity index (χ4v) is 3.79. The number of hydrogen-bond acceptors (Lipinski definition) is 7. The molecule has 0 bridgehead atoms. The number of nitrogens with zero attached hydrogens (tertiary/aromatic N) is 1. The van der Waals surface area contributed by atoms with Gasteiger partial charge in [0, 0.05) is 19.2 Å². The Hall–Kier alpha value is -3.52. The number of ether oxygens (including phenoxy) is 4. The summed E-state index contributed by atoms with van der Waals surface area (Å²) < 4.78 is 21.7. The highest BCUT2D eigenvalue weighted by Gasteiger charge is 2.46. The zero-order chi connectivity index (χ0) is 24.0. The molecule has 8 nitrogen and oxygen atoms in total. The second kappa shape index (κ2) is 10.9. The standard InChI is InChI=1S/C25H29NO7/c1-5-32-19-12-9-17(15-20(19)33-6-2)22-21(24(28)25(29)26(22)13-14-30-3)23(27)16-7-10-18(31-4)11-8-16/h7-12,15,22,27H,5-6,13-14H2,1-4H3. The number of ketones is 1. The van der Waals surface area contributed by atoms with Crippen LogP contribution in [0.2, 0.25) is 0 Å². The fraction of sp³-hybridized carbons (Fsp3) is 0.360. The minimum absolute atomic E-state index is 0.00729. The number of aliphatic hydroxyl groups is 1. The van der Waals surface area contributed by atoms with Crippen LogP contribution in [0, 0.1) is 0 Å². The molecule has 3 rings (SSSR count). The van der Waals surface area contributed by atoms with Gasteiger partial charge in [-0.1, -0.05) is 6.07 Å². The maximum atomic E-state index is 13.1. The molecule has 1 N–H and O–H groups in total. The van der Waals surface area contributed by atoms with Gasteiger partial charge in [0.2, 0.25) is 0 Å². The Labute approximate surface area is 193 Å². The Morgan fingerprint density at radius 1 is 0.970 bits per heavy atom. The van der Waals surface area contributed by atoms with E-state index in [1.807, 2.05) is 13.8 Å². The third kappa shape index (κ3) is 4.96. The summed E-state index contributed by atoms with van der Waals surface area (Å²) >= 11 is 0. The van der Waals surface area contributed by atoms with Gasteiger partial charge >= 0.3 is 0 Å². The molecule has 0 aromatic heterocycles. The molecule has 0 radical (unpaired) electrons. The van der Waals surface area contributed by atoms with E-state index >= 15 is 0 Å². The van der Waals surface area contributed by atoms with E-state index in [0.29, 0.717) is 41.6 Å². The zero-order valence-corrected chi connectivity index (χ0v) is 19.3. The van der Waals surface area contributed by atoms with Crippen molar-refractivity contribution in [2.75, 3.05) is 40.6 Å². The van der Waals surface area contributed by atoms with E-state index < -0.39 is 17.7 Å². The van der Waals surface area contributed by atoms with Gasteiger partial charge in [-0.2, -0.15) is 0 Å². The van der Waals surface area contributed by atoms with E-state index in [9.17, 15) is 14.7 Å². The topological polar surface area (TPSA) is 94.5 Å². The van der Waals surface area contributed by atoms with Crippen LogP contribution in [0.15, 0.2) is 48.0 Å². The lowest BCUT2D eigenvalue weighted by molar-refractivity contribution is -0.140. The second-order valence-corrected chi connectivity index (χ2v) is 7.29. The number of aliphatic hydroxyl groups excluding tert-OH is 1. The van der Waals surface area contributed by atoms with Crippen LogP contribution in [0.3, 0.4) is 0 Å². The van der Waals surface area contributed by atoms with Gasteiger partial charge < -0.3 is 29.0 Å². The van der Waals surface area contributed by atoms with E-state index in [0.717, 1.165) is 0 Å². The zero-order valence-electron chi connectivity index (χ0n) is 19.3. The van der Waals surface area contributed by atoms with Crippen molar-refractivity contribution in [2.45, 2.75) is 19.9 Å². The monoisotopic (exact) mass is 455 g/mol. The minimum atomic E-state index is -0.808. The van der Waals surface area contributed by atoms with E-state index in [1.165, 1.54) is 19.1 Å². The summed E-state index contributed by atoms with van der Waals surface area (Å²) in [6, 6.07) is 11.1. The maximum absolute atomic E-state index is 13.1. The molecule has 1 fully saturated rings. The highest BCUT2D eigenvalue weighted by Crippen LogP contribution is 2.42. The number of Topliss-reactive ketones (excluding diaryl/α,β-unsaturated/α-hetero) is 1. The molecule has 1 aliphatic heterocycles. The van der Waals surface area contributed by atoms with Gasteiger partial charge in [-0.15, -0.1) is 0 Å². The summed E-state index contributed by atoms with van der Waals surface area (Å²) in [4.78, 5) is 27.4. The van der Waals surface area contributed by atoms with Gasteiger partial charge in [-0.3, -0.25) is 9.59 Å². The van der Waals surface area contributed by atoms with Crippen LogP contribution in [-0.2, 0) is 14.3 Å². The lowest BCUT2D eigenvalue weighted by Crippen LogP contribution is -2.32. The molecule has 2 aromatic carbocycles. The van der Waals surface area contributed by atoms with Crippen LogP contribution < -0.4 is 14.2 Å². The third-order valence-electron chi connectivity index (χ3n) is 5.32. The number of carbonyl (C=O) groups excluding carboxylic acids is 2. The van der Waals surface area contributed by atoms with Gasteiger partial charge in [0.05, 0.1) is 38.5 Å². The van der Waals surface area contributed by atoms with Crippen LogP contribution in [0.25, 0.3) is 5.76 Å². The number of methoxy groups -OCH3 is 2. The number of carbonyl (C=O) groups is 2. The molecular formula is C25H29NO7. The van der Waals surface area contributed by atoms with Crippen molar-refractivity contribution in [1.29, 1.82) is 0 Å².